The largest absolute Gasteiger partial charge is 0.480 e. The first-order chi connectivity index (χ1) is 16.4. The van der Waals surface area contributed by atoms with Gasteiger partial charge in [0.25, 0.3) is 0 Å². The summed E-state index contributed by atoms with van der Waals surface area (Å²) in [5.41, 5.74) is 4.38. The molecule has 6 rings (SSSR count). The second kappa shape index (κ2) is 7.96. The van der Waals surface area contributed by atoms with Gasteiger partial charge in [0, 0.05) is 17.5 Å². The molecule has 2 atom stereocenters. The van der Waals surface area contributed by atoms with E-state index in [0.29, 0.717) is 23.5 Å². The highest BCUT2D eigenvalue weighted by molar-refractivity contribution is 7.21. The summed E-state index contributed by atoms with van der Waals surface area (Å²) in [6, 6.07) is 19.2. The van der Waals surface area contributed by atoms with Crippen LogP contribution in [0.15, 0.2) is 60.7 Å². The van der Waals surface area contributed by atoms with Crippen molar-refractivity contribution in [1.29, 1.82) is 0 Å². The lowest BCUT2D eigenvalue weighted by Gasteiger charge is -2.14. The number of halogens is 1. The molecule has 4 aromatic rings. The Kier molecular flexibility index (Phi) is 5.00. The Labute approximate surface area is 200 Å². The maximum atomic E-state index is 15.2. The topological polar surface area (TPSA) is 66.3 Å². The molecule has 2 aromatic heterocycles. The fourth-order valence-corrected chi connectivity index (χ4v) is 6.23. The molecule has 1 N–H and O–H groups in total. The number of likely N-dealkylation sites (N-methyl/N-ethyl adjacent to an activating group) is 1. The molecular weight excluding hydrogens is 449 g/mol. The van der Waals surface area contributed by atoms with Gasteiger partial charge in [0.1, 0.15) is 27.2 Å². The van der Waals surface area contributed by atoms with E-state index in [-0.39, 0.29) is 17.2 Å². The summed E-state index contributed by atoms with van der Waals surface area (Å²) in [6.07, 6.45) is 2.65. The first-order valence-electron chi connectivity index (χ1n) is 11.5. The first kappa shape index (κ1) is 21.4. The standard InChI is InChI=1S/C27H24FN3O2S/c1-31-15-17(14-22(31)26(32)33)16-7-8-19(20(28)13-16)24-29-21-9-10-23(30-25(21)34-24)27(11-12-27)18-5-3-2-4-6-18/h2-10,13,17,22H,11-12,14-15H2,1H3,(H,32,33)/t17-,22?/m0/s1. The minimum atomic E-state index is -0.830. The van der Waals surface area contributed by atoms with Crippen molar-refractivity contribution in [1.82, 2.24) is 14.9 Å². The second-order valence-electron chi connectivity index (χ2n) is 9.45. The lowest BCUT2D eigenvalue weighted by molar-refractivity contribution is -0.141. The molecule has 5 nitrogen and oxygen atoms in total. The number of benzene rings is 2. The van der Waals surface area contributed by atoms with Gasteiger partial charge in [-0.2, -0.15) is 0 Å². The number of rotatable bonds is 5. The number of hydrogen-bond acceptors (Lipinski definition) is 5. The third-order valence-corrected chi connectivity index (χ3v) is 8.35. The van der Waals surface area contributed by atoms with E-state index in [9.17, 15) is 9.90 Å². The average molecular weight is 474 g/mol. The minimum absolute atomic E-state index is 0.00181. The molecule has 1 aliphatic carbocycles. The maximum absolute atomic E-state index is 15.2. The van der Waals surface area contributed by atoms with Crippen LogP contribution in [0.3, 0.4) is 0 Å². The number of aliphatic carboxylic acids is 1. The Morgan fingerprint density at radius 1 is 1.12 bits per heavy atom. The van der Waals surface area contributed by atoms with Gasteiger partial charge in [-0.3, -0.25) is 9.69 Å². The predicted molar refractivity (Wildman–Crippen MR) is 131 cm³/mol. The number of pyridine rings is 1. The summed E-state index contributed by atoms with van der Waals surface area (Å²) in [7, 11) is 1.80. The number of nitrogens with zero attached hydrogens (tertiary/aromatic N) is 3. The van der Waals surface area contributed by atoms with Crippen LogP contribution in [-0.4, -0.2) is 45.6 Å². The van der Waals surface area contributed by atoms with E-state index in [1.807, 2.05) is 23.1 Å². The third kappa shape index (κ3) is 3.51. The monoisotopic (exact) mass is 473 g/mol. The Hall–Kier alpha value is -3.16. The first-order valence-corrected chi connectivity index (χ1v) is 12.3. The van der Waals surface area contributed by atoms with Gasteiger partial charge in [0.15, 0.2) is 0 Å². The maximum Gasteiger partial charge on any atom is 0.320 e. The summed E-state index contributed by atoms with van der Waals surface area (Å²) >= 11 is 1.41. The van der Waals surface area contributed by atoms with Crippen LogP contribution in [-0.2, 0) is 10.2 Å². The summed E-state index contributed by atoms with van der Waals surface area (Å²) in [6.45, 7) is 0.604. The molecule has 2 aliphatic rings. The molecule has 2 fully saturated rings. The van der Waals surface area contributed by atoms with Crippen molar-refractivity contribution in [2.45, 2.75) is 36.6 Å². The van der Waals surface area contributed by atoms with Crippen LogP contribution in [0.1, 0.15) is 42.0 Å². The van der Waals surface area contributed by atoms with Gasteiger partial charge in [0.05, 0.1) is 5.69 Å². The van der Waals surface area contributed by atoms with Gasteiger partial charge in [-0.25, -0.2) is 14.4 Å². The highest BCUT2D eigenvalue weighted by Gasteiger charge is 2.47. The van der Waals surface area contributed by atoms with Gasteiger partial charge in [-0.1, -0.05) is 47.7 Å². The molecule has 34 heavy (non-hydrogen) atoms. The number of carboxylic acid groups (broad SMARTS) is 1. The van der Waals surface area contributed by atoms with Crippen LogP contribution < -0.4 is 0 Å². The van der Waals surface area contributed by atoms with Crippen molar-refractivity contribution >= 4 is 27.7 Å². The SMILES string of the molecule is CN1C[C@@H](c2ccc(-c3nc4ccc(C5(c6ccccc6)CC5)nc4s3)c(F)c2)CC1C(=O)O. The number of fused-ring (bicyclic) bond motifs is 1. The number of likely N-dealkylation sites (tertiary alicyclic amines) is 1. The fraction of sp³-hybridized carbons (Fsp3) is 0.296. The quantitative estimate of drug-likeness (QED) is 0.418. The predicted octanol–water partition coefficient (Wildman–Crippen LogP) is 5.45. The Morgan fingerprint density at radius 2 is 1.91 bits per heavy atom. The van der Waals surface area contributed by atoms with E-state index in [4.69, 9.17) is 4.98 Å². The average Bonchev–Trinajstić information content (AvgIpc) is 3.39. The highest BCUT2D eigenvalue weighted by atomic mass is 32.1. The summed E-state index contributed by atoms with van der Waals surface area (Å²) in [5.74, 6) is -1.16. The van der Waals surface area contributed by atoms with Crippen LogP contribution in [0.2, 0.25) is 0 Å². The molecule has 1 aliphatic heterocycles. The van der Waals surface area contributed by atoms with Gasteiger partial charge in [-0.15, -0.1) is 0 Å². The third-order valence-electron chi connectivity index (χ3n) is 7.35. The fourth-order valence-electron chi connectivity index (χ4n) is 5.26. The molecule has 7 heteroatoms. The van der Waals surface area contributed by atoms with Gasteiger partial charge < -0.3 is 5.11 Å². The lowest BCUT2D eigenvalue weighted by Crippen LogP contribution is -2.32. The molecule has 0 bridgehead atoms. The Bertz CT molecular complexity index is 1400. The normalized spacial score (nSPS) is 21.7. The molecule has 1 unspecified atom stereocenters. The number of aromatic nitrogens is 2. The van der Waals surface area contributed by atoms with Crippen LogP contribution >= 0.6 is 11.3 Å². The van der Waals surface area contributed by atoms with E-state index in [2.05, 4.69) is 35.3 Å². The Morgan fingerprint density at radius 3 is 2.59 bits per heavy atom. The van der Waals surface area contributed by atoms with Crippen molar-refractivity contribution < 1.29 is 14.3 Å². The number of carboxylic acids is 1. The minimum Gasteiger partial charge on any atom is -0.480 e. The van der Waals surface area contributed by atoms with Crippen molar-refractivity contribution in [2.24, 2.45) is 0 Å². The molecule has 3 heterocycles. The molecule has 1 saturated heterocycles. The molecule has 0 amide bonds. The molecule has 0 radical (unpaired) electrons. The number of hydrogen-bond donors (Lipinski definition) is 1. The van der Waals surface area contributed by atoms with E-state index < -0.39 is 12.0 Å². The zero-order valence-electron chi connectivity index (χ0n) is 18.7. The molecule has 172 valence electrons. The lowest BCUT2D eigenvalue weighted by atomic mass is 9.92. The van der Waals surface area contributed by atoms with Crippen LogP contribution in [0, 0.1) is 5.82 Å². The number of thiazole rings is 1. The van der Waals surface area contributed by atoms with Crippen LogP contribution in [0.25, 0.3) is 20.9 Å². The van der Waals surface area contributed by atoms with E-state index in [1.165, 1.54) is 23.0 Å². The van der Waals surface area contributed by atoms with E-state index in [0.717, 1.165) is 34.4 Å². The highest BCUT2D eigenvalue weighted by Crippen LogP contribution is 2.53. The summed E-state index contributed by atoms with van der Waals surface area (Å²) < 4.78 is 15.2. The zero-order chi connectivity index (χ0) is 23.4. The van der Waals surface area contributed by atoms with Gasteiger partial charge in [-0.05, 0) is 67.6 Å². The van der Waals surface area contributed by atoms with E-state index >= 15 is 4.39 Å². The zero-order valence-corrected chi connectivity index (χ0v) is 19.6. The smallest absolute Gasteiger partial charge is 0.320 e. The Balaban J connectivity index is 1.30. The summed E-state index contributed by atoms with van der Waals surface area (Å²) in [4.78, 5) is 23.7. The number of carbonyl (C=O) groups is 1. The van der Waals surface area contributed by atoms with Crippen LogP contribution in [0.5, 0.6) is 0 Å². The van der Waals surface area contributed by atoms with Crippen molar-refractivity contribution in [3.05, 3.63) is 83.3 Å². The van der Waals surface area contributed by atoms with Crippen molar-refractivity contribution in [2.75, 3.05) is 13.6 Å². The molecule has 1 saturated carbocycles. The molecule has 2 aromatic carbocycles. The van der Waals surface area contributed by atoms with Crippen molar-refractivity contribution in [3.8, 4) is 10.6 Å². The van der Waals surface area contributed by atoms with Gasteiger partial charge >= 0.3 is 5.97 Å². The molecule has 0 spiro atoms. The van der Waals surface area contributed by atoms with Crippen LogP contribution in [0.4, 0.5) is 4.39 Å². The van der Waals surface area contributed by atoms with Crippen molar-refractivity contribution in [3.63, 3.8) is 0 Å². The summed E-state index contributed by atoms with van der Waals surface area (Å²) in [5, 5.41) is 9.99. The molecular formula is C27H24FN3O2S. The van der Waals surface area contributed by atoms with Gasteiger partial charge in [0.2, 0.25) is 0 Å². The second-order valence-corrected chi connectivity index (χ2v) is 10.4. The van der Waals surface area contributed by atoms with E-state index in [1.54, 1.807) is 13.1 Å².